The number of nitrogens with zero attached hydrogens (tertiary/aromatic N) is 2. The number of nitro groups is 1. The topological polar surface area (TPSA) is 88.9 Å². The summed E-state index contributed by atoms with van der Waals surface area (Å²) in [6.45, 7) is 0. The molecule has 0 aliphatic rings. The molecule has 2 aromatic rings. The molecule has 0 aliphatic heterocycles. The number of hydrogen-bond donors (Lipinski definition) is 1. The Hall–Kier alpha value is -2.34. The molecule has 0 aliphatic carbocycles. The average Bonchev–Trinajstić information content (AvgIpc) is 2.78. The van der Waals surface area contributed by atoms with Crippen LogP contribution in [0.4, 0.5) is 5.69 Å². The molecule has 0 spiro atoms. The summed E-state index contributed by atoms with van der Waals surface area (Å²) in [5, 5.41) is 22.0. The van der Waals surface area contributed by atoms with Gasteiger partial charge in [-0.05, 0) is 24.3 Å². The van der Waals surface area contributed by atoms with Gasteiger partial charge in [-0.15, -0.1) is 0 Å². The molecule has 1 aromatic heterocycles. The number of benzene rings is 1. The smallest absolute Gasteiger partial charge is 0.288 e. The van der Waals surface area contributed by atoms with Gasteiger partial charge in [0, 0.05) is 11.6 Å². The van der Waals surface area contributed by atoms with Gasteiger partial charge in [0.25, 0.3) is 5.69 Å². The van der Waals surface area contributed by atoms with Gasteiger partial charge in [-0.2, -0.15) is 0 Å². The third-order valence-electron chi connectivity index (χ3n) is 2.24. The maximum absolute atomic E-state index is 10.7. The maximum Gasteiger partial charge on any atom is 0.288 e. The fourth-order valence-corrected chi connectivity index (χ4v) is 1.63. The van der Waals surface area contributed by atoms with Gasteiger partial charge in [0.2, 0.25) is 0 Å². The molecule has 7 heteroatoms. The van der Waals surface area contributed by atoms with E-state index in [1.165, 1.54) is 12.1 Å². The van der Waals surface area contributed by atoms with Crippen LogP contribution in [0.3, 0.4) is 0 Å². The lowest BCUT2D eigenvalue weighted by Crippen LogP contribution is -1.89. The van der Waals surface area contributed by atoms with E-state index in [0.29, 0.717) is 17.1 Å². The van der Waals surface area contributed by atoms with E-state index in [1.807, 2.05) is 0 Å². The number of furan rings is 1. The van der Waals surface area contributed by atoms with E-state index in [9.17, 15) is 10.1 Å². The van der Waals surface area contributed by atoms with Crippen LogP contribution in [0.2, 0.25) is 5.02 Å². The van der Waals surface area contributed by atoms with Gasteiger partial charge < -0.3 is 9.62 Å². The zero-order chi connectivity index (χ0) is 13.1. The standard InChI is InChI=1S/C11H7ClN2O4/c12-9-3-1-7(5-10(9)14(16)17)11-4-2-8(18-11)6-13-15/h1-6,15H/b13-6+. The van der Waals surface area contributed by atoms with Crippen molar-refractivity contribution in [2.45, 2.75) is 0 Å². The fraction of sp³-hybridized carbons (Fsp3) is 0. The van der Waals surface area contributed by atoms with Gasteiger partial charge in [-0.1, -0.05) is 16.8 Å². The highest BCUT2D eigenvalue weighted by Gasteiger charge is 2.14. The Morgan fingerprint density at radius 2 is 2.17 bits per heavy atom. The van der Waals surface area contributed by atoms with Crippen LogP contribution in [0.15, 0.2) is 39.9 Å². The summed E-state index contributed by atoms with van der Waals surface area (Å²) in [5.74, 6) is 0.759. The Bertz CT molecular complexity index is 621. The maximum atomic E-state index is 10.7. The quantitative estimate of drug-likeness (QED) is 0.399. The third-order valence-corrected chi connectivity index (χ3v) is 2.56. The predicted octanol–water partition coefficient (Wildman–Crippen LogP) is 3.32. The van der Waals surface area contributed by atoms with Crippen LogP contribution >= 0.6 is 11.6 Å². The minimum Gasteiger partial charge on any atom is -0.455 e. The number of nitro benzene ring substituents is 1. The number of halogens is 1. The first-order valence-electron chi connectivity index (χ1n) is 4.83. The Morgan fingerprint density at radius 3 is 2.83 bits per heavy atom. The normalized spacial score (nSPS) is 10.9. The van der Waals surface area contributed by atoms with Crippen molar-refractivity contribution in [3.8, 4) is 11.3 Å². The lowest BCUT2D eigenvalue weighted by Gasteiger charge is -1.99. The summed E-state index contributed by atoms with van der Waals surface area (Å²) in [7, 11) is 0. The largest absolute Gasteiger partial charge is 0.455 e. The minimum atomic E-state index is -0.565. The first kappa shape index (κ1) is 12.1. The molecule has 1 heterocycles. The molecule has 0 bridgehead atoms. The summed E-state index contributed by atoms with van der Waals surface area (Å²) < 4.78 is 5.31. The lowest BCUT2D eigenvalue weighted by atomic mass is 10.1. The SMILES string of the molecule is O=[N+]([O-])c1cc(-c2ccc(/C=N/O)o2)ccc1Cl. The van der Waals surface area contributed by atoms with Crippen LogP contribution < -0.4 is 0 Å². The predicted molar refractivity (Wildman–Crippen MR) is 65.2 cm³/mol. The molecule has 0 amide bonds. The molecule has 0 unspecified atom stereocenters. The van der Waals surface area contributed by atoms with Crippen molar-refractivity contribution >= 4 is 23.5 Å². The Morgan fingerprint density at radius 1 is 1.39 bits per heavy atom. The molecule has 2 rings (SSSR count). The molecular formula is C11H7ClN2O4. The Labute approximate surface area is 106 Å². The Kier molecular flexibility index (Phi) is 3.29. The number of hydrogen-bond acceptors (Lipinski definition) is 5. The summed E-state index contributed by atoms with van der Waals surface area (Å²) in [4.78, 5) is 10.2. The number of oxime groups is 1. The summed E-state index contributed by atoms with van der Waals surface area (Å²) >= 11 is 5.71. The second-order valence-corrected chi connectivity index (χ2v) is 3.78. The van der Waals surface area contributed by atoms with Gasteiger partial charge in [0.1, 0.15) is 22.8 Å². The van der Waals surface area contributed by atoms with Gasteiger partial charge in [-0.25, -0.2) is 0 Å². The van der Waals surface area contributed by atoms with Crippen molar-refractivity contribution in [3.63, 3.8) is 0 Å². The molecule has 1 N–H and O–H groups in total. The van der Waals surface area contributed by atoms with Crippen LogP contribution in [0.1, 0.15) is 5.76 Å². The second-order valence-electron chi connectivity index (χ2n) is 3.37. The van der Waals surface area contributed by atoms with E-state index in [-0.39, 0.29) is 10.7 Å². The van der Waals surface area contributed by atoms with Crippen molar-refractivity contribution in [1.29, 1.82) is 0 Å². The second kappa shape index (κ2) is 4.89. The molecule has 18 heavy (non-hydrogen) atoms. The van der Waals surface area contributed by atoms with Crippen molar-refractivity contribution < 1.29 is 14.5 Å². The van der Waals surface area contributed by atoms with Crippen LogP contribution in [-0.4, -0.2) is 16.3 Å². The summed E-state index contributed by atoms with van der Waals surface area (Å²) in [5.41, 5.74) is 0.326. The van der Waals surface area contributed by atoms with Crippen molar-refractivity contribution in [3.05, 3.63) is 51.2 Å². The molecule has 0 radical (unpaired) electrons. The van der Waals surface area contributed by atoms with Gasteiger partial charge in [0.05, 0.1) is 4.92 Å². The van der Waals surface area contributed by atoms with Crippen LogP contribution in [-0.2, 0) is 0 Å². The van der Waals surface area contributed by atoms with Crippen molar-refractivity contribution in [2.75, 3.05) is 0 Å². The molecule has 92 valence electrons. The molecule has 0 fully saturated rings. The van der Waals surface area contributed by atoms with E-state index >= 15 is 0 Å². The van der Waals surface area contributed by atoms with Crippen LogP contribution in [0, 0.1) is 10.1 Å². The third kappa shape index (κ3) is 2.33. The minimum absolute atomic E-state index is 0.0625. The molecular weight excluding hydrogens is 260 g/mol. The molecule has 0 saturated heterocycles. The van der Waals surface area contributed by atoms with Gasteiger partial charge in [0.15, 0.2) is 0 Å². The summed E-state index contributed by atoms with van der Waals surface area (Å²) in [6.07, 6.45) is 1.12. The fourth-order valence-electron chi connectivity index (χ4n) is 1.44. The highest BCUT2D eigenvalue weighted by Crippen LogP contribution is 2.30. The first-order valence-corrected chi connectivity index (χ1v) is 5.21. The highest BCUT2D eigenvalue weighted by atomic mass is 35.5. The first-order chi connectivity index (χ1) is 8.61. The molecule has 0 saturated carbocycles. The zero-order valence-electron chi connectivity index (χ0n) is 8.91. The van der Waals surface area contributed by atoms with E-state index in [0.717, 1.165) is 6.21 Å². The van der Waals surface area contributed by atoms with Crippen molar-refractivity contribution in [2.24, 2.45) is 5.16 Å². The van der Waals surface area contributed by atoms with E-state index in [1.54, 1.807) is 18.2 Å². The lowest BCUT2D eigenvalue weighted by molar-refractivity contribution is -0.384. The monoisotopic (exact) mass is 266 g/mol. The van der Waals surface area contributed by atoms with E-state index in [4.69, 9.17) is 21.2 Å². The molecule has 0 atom stereocenters. The molecule has 6 nitrogen and oxygen atoms in total. The number of rotatable bonds is 3. The van der Waals surface area contributed by atoms with Gasteiger partial charge >= 0.3 is 0 Å². The van der Waals surface area contributed by atoms with E-state index in [2.05, 4.69) is 5.16 Å². The Balaban J connectivity index is 2.44. The highest BCUT2D eigenvalue weighted by molar-refractivity contribution is 6.32. The zero-order valence-corrected chi connectivity index (χ0v) is 9.66. The van der Waals surface area contributed by atoms with Gasteiger partial charge in [-0.3, -0.25) is 10.1 Å². The average molecular weight is 267 g/mol. The van der Waals surface area contributed by atoms with Crippen LogP contribution in [0.25, 0.3) is 11.3 Å². The molecule has 1 aromatic carbocycles. The summed E-state index contributed by atoms with van der Waals surface area (Å²) in [6, 6.07) is 7.55. The van der Waals surface area contributed by atoms with Crippen molar-refractivity contribution in [1.82, 2.24) is 0 Å². The van der Waals surface area contributed by atoms with Crippen LogP contribution in [0.5, 0.6) is 0 Å². The van der Waals surface area contributed by atoms with E-state index < -0.39 is 4.92 Å².